The smallest absolute Gasteiger partial charge is 0.308 e. The van der Waals surface area contributed by atoms with Crippen molar-refractivity contribution < 1.29 is 19.1 Å². The molecule has 21 heavy (non-hydrogen) atoms. The first-order chi connectivity index (χ1) is 9.99. The van der Waals surface area contributed by atoms with Crippen LogP contribution in [0.5, 0.6) is 0 Å². The maximum absolute atomic E-state index is 13.7. The largest absolute Gasteiger partial charge is 0.481 e. The number of carbonyl (C=O) groups excluding carboxylic acids is 1. The predicted octanol–water partition coefficient (Wildman–Crippen LogP) is 2.17. The van der Waals surface area contributed by atoms with E-state index in [-0.39, 0.29) is 11.3 Å². The number of amides is 1. The van der Waals surface area contributed by atoms with E-state index >= 15 is 0 Å². The molecular formula is C15H19FN2O3. The summed E-state index contributed by atoms with van der Waals surface area (Å²) in [5, 5.41) is 11.9. The Labute approximate surface area is 122 Å². The summed E-state index contributed by atoms with van der Waals surface area (Å²) in [6.45, 7) is 0. The number of nitrogens with two attached hydrogens (primary N) is 1. The highest BCUT2D eigenvalue weighted by Crippen LogP contribution is 2.24. The van der Waals surface area contributed by atoms with Crippen LogP contribution in [0.1, 0.15) is 42.5 Å². The van der Waals surface area contributed by atoms with Gasteiger partial charge in [0.2, 0.25) is 0 Å². The van der Waals surface area contributed by atoms with E-state index in [0.29, 0.717) is 12.8 Å². The number of anilines is 1. The Balaban J connectivity index is 2.14. The van der Waals surface area contributed by atoms with Crippen molar-refractivity contribution in [3.63, 3.8) is 0 Å². The molecule has 2 unspecified atom stereocenters. The van der Waals surface area contributed by atoms with Gasteiger partial charge < -0.3 is 16.2 Å². The molecule has 1 aliphatic carbocycles. The Morgan fingerprint density at radius 1 is 1.24 bits per heavy atom. The molecule has 1 fully saturated rings. The van der Waals surface area contributed by atoms with Gasteiger partial charge >= 0.3 is 5.97 Å². The molecule has 0 spiro atoms. The van der Waals surface area contributed by atoms with Crippen LogP contribution in [0.4, 0.5) is 10.1 Å². The molecule has 4 N–H and O–H groups in total. The molecule has 1 aromatic carbocycles. The number of carboxylic acids is 1. The van der Waals surface area contributed by atoms with Gasteiger partial charge in [-0.1, -0.05) is 19.3 Å². The van der Waals surface area contributed by atoms with E-state index in [2.05, 4.69) is 5.32 Å². The van der Waals surface area contributed by atoms with Crippen molar-refractivity contribution in [1.29, 1.82) is 0 Å². The Kier molecular flexibility index (Phi) is 4.77. The van der Waals surface area contributed by atoms with Gasteiger partial charge in [-0.2, -0.15) is 0 Å². The fourth-order valence-corrected chi connectivity index (χ4v) is 2.74. The molecule has 0 radical (unpaired) electrons. The molecule has 1 amide bonds. The fourth-order valence-electron chi connectivity index (χ4n) is 2.74. The number of hydrogen-bond donors (Lipinski definition) is 3. The quantitative estimate of drug-likeness (QED) is 0.588. The second-order valence-electron chi connectivity index (χ2n) is 5.40. The lowest BCUT2D eigenvalue weighted by Gasteiger charge is -2.23. The van der Waals surface area contributed by atoms with Crippen LogP contribution in [-0.2, 0) is 4.79 Å². The second-order valence-corrected chi connectivity index (χ2v) is 5.40. The van der Waals surface area contributed by atoms with Crippen LogP contribution in [0.3, 0.4) is 0 Å². The number of rotatable bonds is 3. The van der Waals surface area contributed by atoms with Crippen molar-refractivity contribution in [3.05, 3.63) is 29.6 Å². The van der Waals surface area contributed by atoms with Gasteiger partial charge in [0.05, 0.1) is 11.5 Å². The van der Waals surface area contributed by atoms with E-state index in [1.165, 1.54) is 12.1 Å². The summed E-state index contributed by atoms with van der Waals surface area (Å²) in [7, 11) is 0. The lowest BCUT2D eigenvalue weighted by Crippen LogP contribution is -2.43. The standard InChI is InChI=1S/C15H19FN2O3/c16-12-8-9(17)6-7-10(12)14(19)18-13-5-3-1-2-4-11(13)15(20)21/h6-8,11,13H,1-5,17H2,(H,18,19)(H,20,21). The minimum Gasteiger partial charge on any atom is -0.481 e. The van der Waals surface area contributed by atoms with E-state index in [9.17, 15) is 19.1 Å². The van der Waals surface area contributed by atoms with Crippen LogP contribution >= 0.6 is 0 Å². The molecule has 1 saturated carbocycles. The molecule has 5 nitrogen and oxygen atoms in total. The number of nitrogen functional groups attached to an aromatic ring is 1. The lowest BCUT2D eigenvalue weighted by molar-refractivity contribution is -0.142. The third kappa shape index (κ3) is 3.71. The number of carbonyl (C=O) groups is 2. The summed E-state index contributed by atoms with van der Waals surface area (Å²) in [4.78, 5) is 23.4. The Morgan fingerprint density at radius 3 is 2.62 bits per heavy atom. The highest BCUT2D eigenvalue weighted by Gasteiger charge is 2.31. The second kappa shape index (κ2) is 6.56. The van der Waals surface area contributed by atoms with Crippen LogP contribution in [0.15, 0.2) is 18.2 Å². The number of halogens is 1. The van der Waals surface area contributed by atoms with Crippen molar-refractivity contribution in [2.45, 2.75) is 38.1 Å². The molecule has 0 aliphatic heterocycles. The first kappa shape index (κ1) is 15.3. The highest BCUT2D eigenvalue weighted by molar-refractivity contribution is 5.95. The fraction of sp³-hybridized carbons (Fsp3) is 0.467. The van der Waals surface area contributed by atoms with Gasteiger partial charge in [-0.25, -0.2) is 4.39 Å². The van der Waals surface area contributed by atoms with E-state index < -0.39 is 29.7 Å². The van der Waals surface area contributed by atoms with E-state index in [0.717, 1.165) is 25.3 Å². The molecular weight excluding hydrogens is 275 g/mol. The molecule has 2 rings (SSSR count). The molecule has 114 valence electrons. The van der Waals surface area contributed by atoms with Gasteiger partial charge in [-0.15, -0.1) is 0 Å². The van der Waals surface area contributed by atoms with Crippen molar-refractivity contribution in [2.75, 3.05) is 5.73 Å². The first-order valence-electron chi connectivity index (χ1n) is 7.07. The van der Waals surface area contributed by atoms with Crippen LogP contribution in [0, 0.1) is 11.7 Å². The van der Waals surface area contributed by atoms with Gasteiger partial charge in [0.15, 0.2) is 0 Å². The molecule has 0 bridgehead atoms. The average molecular weight is 294 g/mol. The Hall–Kier alpha value is -2.11. The van der Waals surface area contributed by atoms with Gasteiger partial charge in [0.1, 0.15) is 5.82 Å². The van der Waals surface area contributed by atoms with Crippen LogP contribution in [-0.4, -0.2) is 23.0 Å². The zero-order valence-electron chi connectivity index (χ0n) is 11.6. The molecule has 1 aromatic rings. The first-order valence-corrected chi connectivity index (χ1v) is 7.07. The molecule has 0 heterocycles. The maximum Gasteiger partial charge on any atom is 0.308 e. The Morgan fingerprint density at radius 2 is 1.95 bits per heavy atom. The van der Waals surface area contributed by atoms with Gasteiger partial charge in [0.25, 0.3) is 5.91 Å². The zero-order valence-corrected chi connectivity index (χ0v) is 11.6. The zero-order chi connectivity index (χ0) is 15.4. The number of hydrogen-bond acceptors (Lipinski definition) is 3. The number of benzene rings is 1. The van der Waals surface area contributed by atoms with Crippen LogP contribution in [0.25, 0.3) is 0 Å². The molecule has 6 heteroatoms. The van der Waals surface area contributed by atoms with Crippen molar-refractivity contribution in [2.24, 2.45) is 5.92 Å². The summed E-state index contributed by atoms with van der Waals surface area (Å²) in [6.07, 6.45) is 3.77. The predicted molar refractivity (Wildman–Crippen MR) is 76.3 cm³/mol. The number of aliphatic carboxylic acids is 1. The topological polar surface area (TPSA) is 92.4 Å². The van der Waals surface area contributed by atoms with Gasteiger partial charge in [-0.3, -0.25) is 9.59 Å². The number of carboxylic acid groups (broad SMARTS) is 1. The summed E-state index contributed by atoms with van der Waals surface area (Å²) >= 11 is 0. The van der Waals surface area contributed by atoms with Crippen LogP contribution in [0.2, 0.25) is 0 Å². The maximum atomic E-state index is 13.7. The number of nitrogens with one attached hydrogen (secondary N) is 1. The summed E-state index contributed by atoms with van der Waals surface area (Å²) in [5.41, 5.74) is 5.57. The van der Waals surface area contributed by atoms with Crippen molar-refractivity contribution in [3.8, 4) is 0 Å². The summed E-state index contributed by atoms with van der Waals surface area (Å²) < 4.78 is 13.7. The third-order valence-electron chi connectivity index (χ3n) is 3.89. The molecule has 0 aromatic heterocycles. The summed E-state index contributed by atoms with van der Waals surface area (Å²) in [6, 6.07) is 3.37. The van der Waals surface area contributed by atoms with Gasteiger partial charge in [0, 0.05) is 11.7 Å². The normalized spacial score (nSPS) is 22.3. The van der Waals surface area contributed by atoms with Crippen LogP contribution < -0.4 is 11.1 Å². The minimum atomic E-state index is -0.917. The minimum absolute atomic E-state index is 0.113. The highest BCUT2D eigenvalue weighted by atomic mass is 19.1. The van der Waals surface area contributed by atoms with Crippen molar-refractivity contribution in [1.82, 2.24) is 5.32 Å². The summed E-state index contributed by atoms with van der Waals surface area (Å²) in [5.74, 6) is -2.83. The van der Waals surface area contributed by atoms with E-state index in [1.54, 1.807) is 0 Å². The molecule has 2 atom stereocenters. The lowest BCUT2D eigenvalue weighted by atomic mass is 9.94. The van der Waals surface area contributed by atoms with E-state index in [4.69, 9.17) is 5.73 Å². The Bertz CT molecular complexity index is 548. The van der Waals surface area contributed by atoms with Crippen molar-refractivity contribution >= 4 is 17.6 Å². The third-order valence-corrected chi connectivity index (χ3v) is 3.89. The van der Waals surface area contributed by atoms with Gasteiger partial charge in [-0.05, 0) is 31.0 Å². The monoisotopic (exact) mass is 294 g/mol. The SMILES string of the molecule is Nc1ccc(C(=O)NC2CCCCCC2C(=O)O)c(F)c1. The average Bonchev–Trinajstić information content (AvgIpc) is 2.63. The molecule has 1 aliphatic rings. The van der Waals surface area contributed by atoms with E-state index in [1.807, 2.05) is 0 Å². The molecule has 0 saturated heterocycles.